The van der Waals surface area contributed by atoms with Crippen LogP contribution in [0.25, 0.3) is 0 Å². The average Bonchev–Trinajstić information content (AvgIpc) is 2.55. The molecule has 2 aromatic rings. The van der Waals surface area contributed by atoms with Crippen LogP contribution in [0.3, 0.4) is 0 Å². The number of hydrogen-bond acceptors (Lipinski definition) is 4. The fourth-order valence-corrected chi connectivity index (χ4v) is 2.13. The van der Waals surface area contributed by atoms with Crippen LogP contribution in [-0.2, 0) is 22.6 Å². The van der Waals surface area contributed by atoms with Crippen molar-refractivity contribution in [1.82, 2.24) is 0 Å². The number of benzene rings is 2. The summed E-state index contributed by atoms with van der Waals surface area (Å²) in [6, 6.07) is 14.5. The van der Waals surface area contributed by atoms with Gasteiger partial charge in [0.1, 0.15) is 18.1 Å². The molecule has 0 unspecified atom stereocenters. The second kappa shape index (κ2) is 7.70. The summed E-state index contributed by atoms with van der Waals surface area (Å²) < 4.78 is 11.3. The van der Waals surface area contributed by atoms with Gasteiger partial charge in [0.2, 0.25) is 5.91 Å². The highest BCUT2D eigenvalue weighted by atomic mass is 16.5. The standard InChI is InChI=1S/C19H21NO5/c1-19(2,18(22)23)25-16-9-8-15(10-14(16)11-17(20)21)24-12-13-6-4-3-5-7-13/h3-10H,11-12H2,1-2H3,(H2,20,21)(H,22,23). The summed E-state index contributed by atoms with van der Waals surface area (Å²) in [4.78, 5) is 22.6. The second-order valence-electron chi connectivity index (χ2n) is 6.10. The van der Waals surface area contributed by atoms with E-state index in [1.165, 1.54) is 13.8 Å². The van der Waals surface area contributed by atoms with E-state index >= 15 is 0 Å². The van der Waals surface area contributed by atoms with E-state index in [2.05, 4.69) is 0 Å². The van der Waals surface area contributed by atoms with Crippen LogP contribution >= 0.6 is 0 Å². The fourth-order valence-electron chi connectivity index (χ4n) is 2.13. The Bertz CT molecular complexity index is 756. The molecule has 0 fully saturated rings. The second-order valence-corrected chi connectivity index (χ2v) is 6.10. The molecule has 25 heavy (non-hydrogen) atoms. The summed E-state index contributed by atoms with van der Waals surface area (Å²) >= 11 is 0. The van der Waals surface area contributed by atoms with E-state index in [9.17, 15) is 14.7 Å². The van der Waals surface area contributed by atoms with Crippen LogP contribution < -0.4 is 15.2 Å². The number of aliphatic carboxylic acids is 1. The molecular weight excluding hydrogens is 322 g/mol. The Balaban J connectivity index is 2.20. The molecule has 0 aliphatic rings. The molecule has 6 nitrogen and oxygen atoms in total. The van der Waals surface area contributed by atoms with Gasteiger partial charge in [-0.2, -0.15) is 0 Å². The van der Waals surface area contributed by atoms with Gasteiger partial charge in [-0.25, -0.2) is 4.79 Å². The summed E-state index contributed by atoms with van der Waals surface area (Å²) in [7, 11) is 0. The quantitative estimate of drug-likeness (QED) is 0.767. The van der Waals surface area contributed by atoms with E-state index in [0.29, 0.717) is 23.7 Å². The molecule has 0 aliphatic heterocycles. The van der Waals surface area contributed by atoms with Crippen LogP contribution in [-0.4, -0.2) is 22.6 Å². The van der Waals surface area contributed by atoms with Crippen LogP contribution in [0.1, 0.15) is 25.0 Å². The summed E-state index contributed by atoms with van der Waals surface area (Å²) in [5, 5.41) is 9.20. The maximum absolute atomic E-state index is 11.3. The van der Waals surface area contributed by atoms with E-state index < -0.39 is 17.5 Å². The Labute approximate surface area is 146 Å². The third kappa shape index (κ3) is 5.24. The molecule has 0 bridgehead atoms. The molecule has 0 atom stereocenters. The molecule has 0 spiro atoms. The number of ether oxygens (including phenoxy) is 2. The van der Waals surface area contributed by atoms with Crippen molar-refractivity contribution in [3.63, 3.8) is 0 Å². The summed E-state index contributed by atoms with van der Waals surface area (Å²) in [6.45, 7) is 3.24. The molecule has 0 heterocycles. The zero-order valence-corrected chi connectivity index (χ0v) is 14.2. The van der Waals surface area contributed by atoms with Crippen molar-refractivity contribution >= 4 is 11.9 Å². The maximum Gasteiger partial charge on any atom is 0.347 e. The first-order valence-corrected chi connectivity index (χ1v) is 7.78. The molecule has 3 N–H and O–H groups in total. The Kier molecular flexibility index (Phi) is 5.64. The number of primary amides is 1. The van der Waals surface area contributed by atoms with Crippen LogP contribution in [0.5, 0.6) is 11.5 Å². The van der Waals surface area contributed by atoms with E-state index in [0.717, 1.165) is 5.56 Å². The lowest BCUT2D eigenvalue weighted by molar-refractivity contribution is -0.152. The molecule has 6 heteroatoms. The van der Waals surface area contributed by atoms with Crippen LogP contribution in [0.4, 0.5) is 0 Å². The lowest BCUT2D eigenvalue weighted by Crippen LogP contribution is -2.38. The largest absolute Gasteiger partial charge is 0.489 e. The van der Waals surface area contributed by atoms with Gasteiger partial charge in [0.15, 0.2) is 5.60 Å². The molecular formula is C19H21NO5. The van der Waals surface area contributed by atoms with E-state index in [1.54, 1.807) is 18.2 Å². The number of amides is 1. The zero-order chi connectivity index (χ0) is 18.4. The van der Waals surface area contributed by atoms with Crippen molar-refractivity contribution in [2.24, 2.45) is 5.73 Å². The first kappa shape index (κ1) is 18.3. The van der Waals surface area contributed by atoms with Crippen molar-refractivity contribution in [2.75, 3.05) is 0 Å². The van der Waals surface area contributed by atoms with Crippen LogP contribution in [0, 0.1) is 0 Å². The topological polar surface area (TPSA) is 98.9 Å². The van der Waals surface area contributed by atoms with Crippen molar-refractivity contribution in [3.05, 3.63) is 59.7 Å². The first-order chi connectivity index (χ1) is 11.8. The number of rotatable bonds is 8. The highest BCUT2D eigenvalue weighted by Crippen LogP contribution is 2.28. The molecule has 132 valence electrons. The van der Waals surface area contributed by atoms with Crippen molar-refractivity contribution in [3.8, 4) is 11.5 Å². The zero-order valence-electron chi connectivity index (χ0n) is 14.2. The molecule has 2 aromatic carbocycles. The molecule has 0 saturated heterocycles. The average molecular weight is 343 g/mol. The normalized spacial score (nSPS) is 11.0. The third-order valence-electron chi connectivity index (χ3n) is 3.53. The minimum atomic E-state index is -1.43. The van der Waals surface area contributed by atoms with Gasteiger partial charge in [-0.3, -0.25) is 4.79 Å². The summed E-state index contributed by atoms with van der Waals surface area (Å²) in [5.41, 5.74) is 5.33. The third-order valence-corrected chi connectivity index (χ3v) is 3.53. The molecule has 0 aromatic heterocycles. The Morgan fingerprint density at radius 1 is 1.12 bits per heavy atom. The molecule has 0 saturated carbocycles. The molecule has 2 rings (SSSR count). The molecule has 1 amide bonds. The minimum absolute atomic E-state index is 0.0758. The Morgan fingerprint density at radius 3 is 2.40 bits per heavy atom. The number of carboxylic acid groups (broad SMARTS) is 1. The van der Waals surface area contributed by atoms with Crippen LogP contribution in [0.15, 0.2) is 48.5 Å². The van der Waals surface area contributed by atoms with Gasteiger partial charge < -0.3 is 20.3 Å². The Morgan fingerprint density at radius 2 is 1.80 bits per heavy atom. The van der Waals surface area contributed by atoms with Crippen LogP contribution in [0.2, 0.25) is 0 Å². The van der Waals surface area contributed by atoms with Crippen molar-refractivity contribution in [1.29, 1.82) is 0 Å². The van der Waals surface area contributed by atoms with Gasteiger partial charge >= 0.3 is 5.97 Å². The van der Waals surface area contributed by atoms with Gasteiger partial charge in [-0.1, -0.05) is 30.3 Å². The molecule has 0 aliphatic carbocycles. The minimum Gasteiger partial charge on any atom is -0.489 e. The number of nitrogens with two attached hydrogens (primary N) is 1. The highest BCUT2D eigenvalue weighted by molar-refractivity contribution is 5.79. The highest BCUT2D eigenvalue weighted by Gasteiger charge is 2.30. The van der Waals surface area contributed by atoms with Gasteiger partial charge in [0, 0.05) is 5.56 Å². The van der Waals surface area contributed by atoms with E-state index in [-0.39, 0.29) is 6.42 Å². The molecule has 0 radical (unpaired) electrons. The first-order valence-electron chi connectivity index (χ1n) is 7.78. The van der Waals surface area contributed by atoms with E-state index in [1.807, 2.05) is 30.3 Å². The monoisotopic (exact) mass is 343 g/mol. The Hall–Kier alpha value is -3.02. The smallest absolute Gasteiger partial charge is 0.347 e. The lowest BCUT2D eigenvalue weighted by Gasteiger charge is -2.23. The number of carbonyl (C=O) groups is 2. The fraction of sp³-hybridized carbons (Fsp3) is 0.263. The van der Waals surface area contributed by atoms with E-state index in [4.69, 9.17) is 15.2 Å². The van der Waals surface area contributed by atoms with Crippen molar-refractivity contribution < 1.29 is 24.2 Å². The van der Waals surface area contributed by atoms with Gasteiger partial charge in [-0.15, -0.1) is 0 Å². The number of carbonyl (C=O) groups excluding carboxylic acids is 1. The number of carboxylic acids is 1. The van der Waals surface area contributed by atoms with Gasteiger partial charge in [-0.05, 0) is 37.6 Å². The number of hydrogen-bond donors (Lipinski definition) is 2. The SMILES string of the molecule is CC(C)(Oc1ccc(OCc2ccccc2)cc1CC(N)=O)C(=O)O. The maximum atomic E-state index is 11.3. The lowest BCUT2D eigenvalue weighted by atomic mass is 10.1. The van der Waals surface area contributed by atoms with Gasteiger partial charge in [0.05, 0.1) is 6.42 Å². The summed E-state index contributed by atoms with van der Waals surface area (Å²) in [6.07, 6.45) is -0.0758. The van der Waals surface area contributed by atoms with Gasteiger partial charge in [0.25, 0.3) is 0 Å². The predicted molar refractivity (Wildman–Crippen MR) is 92.5 cm³/mol. The predicted octanol–water partition coefficient (Wildman–Crippen LogP) is 2.54. The van der Waals surface area contributed by atoms with Crippen molar-refractivity contribution in [2.45, 2.75) is 32.5 Å². The summed E-state index contributed by atoms with van der Waals surface area (Å²) in [5.74, 6) is -0.820.